The van der Waals surface area contributed by atoms with Crippen LogP contribution in [0.1, 0.15) is 16.1 Å². The molecule has 1 N–H and O–H groups in total. The van der Waals surface area contributed by atoms with Crippen LogP contribution >= 0.6 is 0 Å². The van der Waals surface area contributed by atoms with Gasteiger partial charge < -0.3 is 5.32 Å². The van der Waals surface area contributed by atoms with Crippen LogP contribution in [-0.4, -0.2) is 15.8 Å². The zero-order valence-electron chi connectivity index (χ0n) is 13.5. The Morgan fingerprint density at radius 3 is 2.24 bits per heavy atom. The molecular weight excluding hydrogens is 318 g/mol. The molecule has 0 aliphatic rings. The van der Waals surface area contributed by atoms with Crippen LogP contribution in [0.3, 0.4) is 0 Å². The van der Waals surface area contributed by atoms with Crippen LogP contribution in [0.15, 0.2) is 66.7 Å². The molecule has 25 heavy (non-hydrogen) atoms. The summed E-state index contributed by atoms with van der Waals surface area (Å²) >= 11 is 0. The van der Waals surface area contributed by atoms with Crippen molar-refractivity contribution >= 4 is 17.3 Å². The van der Waals surface area contributed by atoms with E-state index in [9.17, 15) is 14.9 Å². The number of carbonyl (C=O) groups is 1. The summed E-state index contributed by atoms with van der Waals surface area (Å²) in [6.07, 6.45) is 0. The molecule has 0 aliphatic carbocycles. The second-order valence-electron chi connectivity index (χ2n) is 5.43. The van der Waals surface area contributed by atoms with E-state index in [1.54, 1.807) is 55.5 Å². The number of hydrogen-bond donors (Lipinski definition) is 1. The topological polar surface area (TPSA) is 85.1 Å². The number of amides is 1. The molecule has 0 aliphatic heterocycles. The smallest absolute Gasteiger partial charge is 0.297 e. The van der Waals surface area contributed by atoms with Gasteiger partial charge in [-0.05, 0) is 19.1 Å². The van der Waals surface area contributed by atoms with Crippen LogP contribution in [0.25, 0.3) is 11.3 Å². The molecule has 0 fully saturated rings. The van der Waals surface area contributed by atoms with Gasteiger partial charge in [0, 0.05) is 17.2 Å². The standard InChI is InChI=1S/C19H15N3O3/c1-13-16(21-19(23)15-10-6-3-7-11-15)12-17(22(24)25)18(20-13)14-8-4-2-5-9-14/h2-12H,1H3,(H,21,23). The summed E-state index contributed by atoms with van der Waals surface area (Å²) in [6, 6.07) is 18.9. The Hall–Kier alpha value is -3.54. The molecule has 2 aromatic carbocycles. The minimum Gasteiger partial charge on any atom is -0.320 e. The summed E-state index contributed by atoms with van der Waals surface area (Å²) in [5.74, 6) is -0.341. The molecule has 1 aromatic heterocycles. The lowest BCUT2D eigenvalue weighted by Crippen LogP contribution is -2.13. The number of nitro groups is 1. The number of carbonyl (C=O) groups excluding carboxylic acids is 1. The van der Waals surface area contributed by atoms with Crippen molar-refractivity contribution in [2.75, 3.05) is 5.32 Å². The highest BCUT2D eigenvalue weighted by Crippen LogP contribution is 2.32. The van der Waals surface area contributed by atoms with E-state index in [0.717, 1.165) is 0 Å². The molecule has 1 amide bonds. The molecule has 0 saturated carbocycles. The summed E-state index contributed by atoms with van der Waals surface area (Å²) in [6.45, 7) is 1.71. The third-order valence-electron chi connectivity index (χ3n) is 3.72. The summed E-state index contributed by atoms with van der Waals surface area (Å²) in [4.78, 5) is 27.6. The second kappa shape index (κ2) is 6.92. The van der Waals surface area contributed by atoms with Crippen LogP contribution in [0, 0.1) is 17.0 Å². The molecule has 0 saturated heterocycles. The van der Waals surface area contributed by atoms with E-state index in [1.165, 1.54) is 6.07 Å². The fourth-order valence-electron chi connectivity index (χ4n) is 2.45. The first-order chi connectivity index (χ1) is 12.1. The predicted molar refractivity (Wildman–Crippen MR) is 95.5 cm³/mol. The first kappa shape index (κ1) is 16.3. The SMILES string of the molecule is Cc1nc(-c2ccccc2)c([N+](=O)[O-])cc1NC(=O)c1ccccc1. The Labute approximate surface area is 144 Å². The van der Waals surface area contributed by atoms with Gasteiger partial charge in [-0.3, -0.25) is 14.9 Å². The third kappa shape index (κ3) is 3.53. The highest BCUT2D eigenvalue weighted by Gasteiger charge is 2.21. The molecular formula is C19H15N3O3. The van der Waals surface area contributed by atoms with Gasteiger partial charge in [-0.25, -0.2) is 4.98 Å². The molecule has 0 atom stereocenters. The molecule has 0 bridgehead atoms. The number of hydrogen-bond acceptors (Lipinski definition) is 4. The Morgan fingerprint density at radius 1 is 1.04 bits per heavy atom. The number of aryl methyl sites for hydroxylation is 1. The minimum absolute atomic E-state index is 0.153. The van der Waals surface area contributed by atoms with Gasteiger partial charge in [0.2, 0.25) is 0 Å². The van der Waals surface area contributed by atoms with E-state index in [1.807, 2.05) is 12.1 Å². The Balaban J connectivity index is 2.00. The van der Waals surface area contributed by atoms with Crippen molar-refractivity contribution < 1.29 is 9.72 Å². The zero-order valence-corrected chi connectivity index (χ0v) is 13.5. The van der Waals surface area contributed by atoms with Crippen molar-refractivity contribution in [2.24, 2.45) is 0 Å². The van der Waals surface area contributed by atoms with Gasteiger partial charge >= 0.3 is 0 Å². The molecule has 0 radical (unpaired) electrons. The number of rotatable bonds is 4. The average molecular weight is 333 g/mol. The summed E-state index contributed by atoms with van der Waals surface area (Å²) in [7, 11) is 0. The van der Waals surface area contributed by atoms with Gasteiger partial charge in [0.25, 0.3) is 11.6 Å². The van der Waals surface area contributed by atoms with Gasteiger partial charge in [-0.1, -0.05) is 48.5 Å². The van der Waals surface area contributed by atoms with Gasteiger partial charge in [0.15, 0.2) is 0 Å². The largest absolute Gasteiger partial charge is 0.320 e. The van der Waals surface area contributed by atoms with Crippen LogP contribution in [0.5, 0.6) is 0 Å². The van der Waals surface area contributed by atoms with Crippen LogP contribution in [-0.2, 0) is 0 Å². The lowest BCUT2D eigenvalue weighted by molar-refractivity contribution is -0.384. The van der Waals surface area contributed by atoms with E-state index in [4.69, 9.17) is 0 Å². The molecule has 0 spiro atoms. The van der Waals surface area contributed by atoms with Crippen LogP contribution < -0.4 is 5.32 Å². The number of benzene rings is 2. The van der Waals surface area contributed by atoms with Gasteiger partial charge in [-0.15, -0.1) is 0 Å². The Bertz CT molecular complexity index is 925. The number of pyridine rings is 1. The van der Waals surface area contributed by atoms with Crippen molar-refractivity contribution in [3.8, 4) is 11.3 Å². The van der Waals surface area contributed by atoms with Crippen molar-refractivity contribution in [3.05, 3.63) is 88.1 Å². The zero-order chi connectivity index (χ0) is 17.8. The Kier molecular flexibility index (Phi) is 4.52. The summed E-state index contributed by atoms with van der Waals surface area (Å²) < 4.78 is 0. The average Bonchev–Trinajstić information content (AvgIpc) is 2.64. The summed E-state index contributed by atoms with van der Waals surface area (Å²) in [5.41, 5.74) is 2.07. The quantitative estimate of drug-likeness (QED) is 0.572. The van der Waals surface area contributed by atoms with Crippen LogP contribution in [0.2, 0.25) is 0 Å². The fraction of sp³-hybridized carbons (Fsp3) is 0.0526. The molecule has 6 heteroatoms. The van der Waals surface area contributed by atoms with E-state index in [2.05, 4.69) is 10.3 Å². The first-order valence-electron chi connectivity index (χ1n) is 7.64. The van der Waals surface area contributed by atoms with E-state index < -0.39 is 4.92 Å². The number of anilines is 1. The molecule has 124 valence electrons. The van der Waals surface area contributed by atoms with Gasteiger partial charge in [-0.2, -0.15) is 0 Å². The molecule has 3 aromatic rings. The maximum atomic E-state index is 12.3. The highest BCUT2D eigenvalue weighted by molar-refractivity contribution is 6.04. The predicted octanol–water partition coefficient (Wildman–Crippen LogP) is 4.22. The van der Waals surface area contributed by atoms with Crippen molar-refractivity contribution in [1.82, 2.24) is 4.98 Å². The third-order valence-corrected chi connectivity index (χ3v) is 3.72. The Morgan fingerprint density at radius 2 is 1.64 bits per heavy atom. The first-order valence-corrected chi connectivity index (χ1v) is 7.64. The monoisotopic (exact) mass is 333 g/mol. The van der Waals surface area contributed by atoms with Crippen molar-refractivity contribution in [1.29, 1.82) is 0 Å². The maximum absolute atomic E-state index is 12.3. The number of nitrogens with zero attached hydrogens (tertiary/aromatic N) is 2. The fourth-order valence-corrected chi connectivity index (χ4v) is 2.45. The van der Waals surface area contributed by atoms with E-state index in [0.29, 0.717) is 22.5 Å². The minimum atomic E-state index is -0.493. The number of nitrogens with one attached hydrogen (secondary N) is 1. The second-order valence-corrected chi connectivity index (χ2v) is 5.43. The maximum Gasteiger partial charge on any atom is 0.297 e. The van der Waals surface area contributed by atoms with Crippen LogP contribution in [0.4, 0.5) is 11.4 Å². The lowest BCUT2D eigenvalue weighted by Gasteiger charge is -2.10. The van der Waals surface area contributed by atoms with Crippen molar-refractivity contribution in [3.63, 3.8) is 0 Å². The van der Waals surface area contributed by atoms with Crippen molar-refractivity contribution in [2.45, 2.75) is 6.92 Å². The normalized spacial score (nSPS) is 10.3. The lowest BCUT2D eigenvalue weighted by atomic mass is 10.1. The summed E-state index contributed by atoms with van der Waals surface area (Å²) in [5, 5.41) is 14.2. The molecule has 0 unspecified atom stereocenters. The van der Waals surface area contributed by atoms with E-state index >= 15 is 0 Å². The van der Waals surface area contributed by atoms with Gasteiger partial charge in [0.1, 0.15) is 5.69 Å². The van der Waals surface area contributed by atoms with E-state index in [-0.39, 0.29) is 17.3 Å². The van der Waals surface area contributed by atoms with Gasteiger partial charge in [0.05, 0.1) is 16.3 Å². The molecule has 6 nitrogen and oxygen atoms in total. The molecule has 1 heterocycles. The highest BCUT2D eigenvalue weighted by atomic mass is 16.6. The number of aromatic nitrogens is 1. The molecule has 3 rings (SSSR count).